The molecule has 0 radical (unpaired) electrons. The van der Waals surface area contributed by atoms with E-state index in [1.54, 1.807) is 7.05 Å². The minimum atomic E-state index is -3.74. The molecule has 2 amide bonds. The normalized spacial score (nSPS) is 16.1. The molecule has 1 aromatic heterocycles. The summed E-state index contributed by atoms with van der Waals surface area (Å²) in [6, 6.07) is 8.82. The largest absolute Gasteiger partial charge is 0.364 e. The Balaban J connectivity index is 1.64. The van der Waals surface area contributed by atoms with Crippen LogP contribution in [0.2, 0.25) is 0 Å². The van der Waals surface area contributed by atoms with Crippen molar-refractivity contribution in [1.29, 1.82) is 0 Å². The van der Waals surface area contributed by atoms with Gasteiger partial charge in [0.1, 0.15) is 10.6 Å². The van der Waals surface area contributed by atoms with E-state index in [0.29, 0.717) is 12.8 Å². The molecule has 3 rings (SSSR count). The number of aromatic nitrogens is 1. The predicted molar refractivity (Wildman–Crippen MR) is 105 cm³/mol. The number of benzene rings is 1. The first-order valence-corrected chi connectivity index (χ1v) is 10.5. The number of carbonyl (C=O) groups is 2. The van der Waals surface area contributed by atoms with Gasteiger partial charge in [0.25, 0.3) is 5.91 Å². The first kappa shape index (κ1) is 20.1. The first-order valence-electron chi connectivity index (χ1n) is 9.02. The fraction of sp³-hybridized carbons (Fsp3) is 0.368. The monoisotopic (exact) mass is 404 g/mol. The molecule has 0 atom stereocenters. The molecule has 0 unspecified atom stereocenters. The molecule has 2 aromatic rings. The van der Waals surface area contributed by atoms with Crippen molar-refractivity contribution in [2.75, 3.05) is 18.4 Å². The van der Waals surface area contributed by atoms with Crippen LogP contribution in [0, 0.1) is 12.8 Å². The van der Waals surface area contributed by atoms with Crippen LogP contribution < -0.4 is 11.1 Å². The van der Waals surface area contributed by atoms with E-state index >= 15 is 0 Å². The molecule has 0 bridgehead atoms. The van der Waals surface area contributed by atoms with E-state index in [1.165, 1.54) is 21.1 Å². The maximum absolute atomic E-state index is 12.8. The van der Waals surface area contributed by atoms with Crippen molar-refractivity contribution in [3.63, 3.8) is 0 Å². The van der Waals surface area contributed by atoms with Crippen LogP contribution in [-0.2, 0) is 21.9 Å². The number of primary amides is 1. The number of nitrogens with zero attached hydrogens (tertiary/aromatic N) is 2. The number of nitrogens with two attached hydrogens (primary N) is 1. The summed E-state index contributed by atoms with van der Waals surface area (Å²) in [4.78, 5) is 23.9. The fourth-order valence-electron chi connectivity index (χ4n) is 3.31. The molecule has 0 saturated carbocycles. The van der Waals surface area contributed by atoms with Gasteiger partial charge in [0.2, 0.25) is 15.9 Å². The maximum atomic E-state index is 12.8. The second kappa shape index (κ2) is 7.76. The average molecular weight is 404 g/mol. The molecule has 28 heavy (non-hydrogen) atoms. The smallest absolute Gasteiger partial charge is 0.265 e. The molecular formula is C19H24N4O4S. The van der Waals surface area contributed by atoms with Crippen LogP contribution in [0.5, 0.6) is 0 Å². The van der Waals surface area contributed by atoms with Gasteiger partial charge in [0.15, 0.2) is 0 Å². The number of piperidine rings is 1. The highest BCUT2D eigenvalue weighted by Crippen LogP contribution is 2.26. The Kier molecular flexibility index (Phi) is 5.57. The van der Waals surface area contributed by atoms with Crippen LogP contribution in [0.3, 0.4) is 0 Å². The zero-order chi connectivity index (χ0) is 20.5. The summed E-state index contributed by atoms with van der Waals surface area (Å²) in [7, 11) is -2.17. The van der Waals surface area contributed by atoms with Crippen LogP contribution in [0.25, 0.3) is 0 Å². The lowest BCUT2D eigenvalue weighted by molar-refractivity contribution is -0.120. The summed E-state index contributed by atoms with van der Waals surface area (Å²) >= 11 is 0. The Bertz CT molecular complexity index is 987. The quantitative estimate of drug-likeness (QED) is 0.785. The maximum Gasteiger partial charge on any atom is 0.265 e. The van der Waals surface area contributed by atoms with Gasteiger partial charge < -0.3 is 15.6 Å². The van der Waals surface area contributed by atoms with Crippen LogP contribution in [0.4, 0.5) is 5.69 Å². The first-order chi connectivity index (χ1) is 13.2. The van der Waals surface area contributed by atoms with E-state index in [-0.39, 0.29) is 35.5 Å². The van der Waals surface area contributed by atoms with Gasteiger partial charge in [-0.1, -0.05) is 17.7 Å². The number of hydrogen-bond donors (Lipinski definition) is 2. The summed E-state index contributed by atoms with van der Waals surface area (Å²) in [5, 5.41) is 2.89. The van der Waals surface area contributed by atoms with E-state index in [2.05, 4.69) is 5.32 Å². The third kappa shape index (κ3) is 4.10. The van der Waals surface area contributed by atoms with E-state index < -0.39 is 15.9 Å². The van der Waals surface area contributed by atoms with Crippen molar-refractivity contribution in [2.24, 2.45) is 18.7 Å². The molecule has 9 heteroatoms. The Morgan fingerprint density at radius 3 is 2.29 bits per heavy atom. The highest BCUT2D eigenvalue weighted by Gasteiger charge is 2.33. The van der Waals surface area contributed by atoms with Crippen molar-refractivity contribution in [1.82, 2.24) is 8.87 Å². The molecule has 1 fully saturated rings. The third-order valence-corrected chi connectivity index (χ3v) is 6.88. The summed E-state index contributed by atoms with van der Waals surface area (Å²) in [5.41, 5.74) is 7.23. The lowest BCUT2D eigenvalue weighted by Gasteiger charge is -2.30. The zero-order valence-electron chi connectivity index (χ0n) is 15.9. The molecule has 0 spiro atoms. The molecule has 1 aliphatic rings. The Morgan fingerprint density at radius 2 is 1.75 bits per heavy atom. The molecule has 150 valence electrons. The van der Waals surface area contributed by atoms with Gasteiger partial charge in [-0.25, -0.2) is 8.42 Å². The SMILES string of the molecule is Cc1ccc(NC(=O)C2CCN(S(=O)(=O)c3cc(C(N)=O)n(C)c3)CC2)cc1. The van der Waals surface area contributed by atoms with Crippen LogP contribution in [0.15, 0.2) is 41.4 Å². The standard InChI is InChI=1S/C19H24N4O4S/c1-13-3-5-15(6-4-13)21-19(25)14-7-9-23(10-8-14)28(26,27)16-11-17(18(20)24)22(2)12-16/h3-6,11-12,14H,7-10H2,1-2H3,(H2,20,24)(H,21,25). The van der Waals surface area contributed by atoms with Gasteiger partial charge in [-0.15, -0.1) is 0 Å². The van der Waals surface area contributed by atoms with E-state index in [0.717, 1.165) is 11.3 Å². The number of carbonyl (C=O) groups excluding carboxylic acids is 2. The van der Waals surface area contributed by atoms with E-state index in [4.69, 9.17) is 5.73 Å². The van der Waals surface area contributed by atoms with E-state index in [9.17, 15) is 18.0 Å². The lowest BCUT2D eigenvalue weighted by atomic mass is 9.97. The number of sulfonamides is 1. The highest BCUT2D eigenvalue weighted by molar-refractivity contribution is 7.89. The fourth-order valence-corrected chi connectivity index (χ4v) is 4.85. The number of anilines is 1. The molecule has 3 N–H and O–H groups in total. The molecule has 0 aliphatic carbocycles. The minimum Gasteiger partial charge on any atom is -0.364 e. The van der Waals surface area contributed by atoms with Crippen molar-refractivity contribution in [3.8, 4) is 0 Å². The van der Waals surface area contributed by atoms with Crippen LogP contribution in [0.1, 0.15) is 28.9 Å². The number of rotatable bonds is 5. The zero-order valence-corrected chi connectivity index (χ0v) is 16.7. The molecule has 2 heterocycles. The molecule has 1 aromatic carbocycles. The third-order valence-electron chi connectivity index (χ3n) is 5.01. The number of nitrogens with one attached hydrogen (secondary N) is 1. The van der Waals surface area contributed by atoms with Gasteiger partial charge in [-0.2, -0.15) is 4.31 Å². The summed E-state index contributed by atoms with van der Waals surface area (Å²) in [6.45, 7) is 2.46. The summed E-state index contributed by atoms with van der Waals surface area (Å²) in [5.74, 6) is -1.03. The second-order valence-electron chi connectivity index (χ2n) is 7.07. The number of aryl methyl sites for hydroxylation is 2. The van der Waals surface area contributed by atoms with Gasteiger partial charge >= 0.3 is 0 Å². The molecule has 1 saturated heterocycles. The van der Waals surface area contributed by atoms with Gasteiger partial charge in [0, 0.05) is 37.9 Å². The van der Waals surface area contributed by atoms with Gasteiger partial charge in [-0.05, 0) is 38.0 Å². The van der Waals surface area contributed by atoms with Crippen molar-refractivity contribution < 1.29 is 18.0 Å². The topological polar surface area (TPSA) is 114 Å². The van der Waals surface area contributed by atoms with Crippen LogP contribution >= 0.6 is 0 Å². The van der Waals surface area contributed by atoms with Crippen molar-refractivity contribution in [2.45, 2.75) is 24.7 Å². The Morgan fingerprint density at radius 1 is 1.14 bits per heavy atom. The predicted octanol–water partition coefficient (Wildman–Crippen LogP) is 1.47. The van der Waals surface area contributed by atoms with Gasteiger partial charge in [0.05, 0.1) is 0 Å². The van der Waals surface area contributed by atoms with Gasteiger partial charge in [-0.3, -0.25) is 9.59 Å². The molecular weight excluding hydrogens is 380 g/mol. The average Bonchev–Trinajstić information content (AvgIpc) is 3.06. The highest BCUT2D eigenvalue weighted by atomic mass is 32.2. The van der Waals surface area contributed by atoms with Crippen molar-refractivity contribution >= 4 is 27.5 Å². The summed E-state index contributed by atoms with van der Waals surface area (Å²) < 4.78 is 28.4. The number of hydrogen-bond acceptors (Lipinski definition) is 4. The summed E-state index contributed by atoms with van der Waals surface area (Å²) in [6.07, 6.45) is 2.25. The minimum absolute atomic E-state index is 0.0337. The second-order valence-corrected chi connectivity index (χ2v) is 9.01. The Labute approximate surface area is 164 Å². The lowest BCUT2D eigenvalue weighted by Crippen LogP contribution is -2.41. The molecule has 1 aliphatic heterocycles. The van der Waals surface area contributed by atoms with E-state index in [1.807, 2.05) is 31.2 Å². The Hall–Kier alpha value is -2.65. The number of amides is 2. The van der Waals surface area contributed by atoms with Crippen LogP contribution in [-0.4, -0.2) is 42.2 Å². The van der Waals surface area contributed by atoms with Crippen molar-refractivity contribution in [3.05, 3.63) is 47.8 Å². The molecule has 8 nitrogen and oxygen atoms in total.